The molecule has 6 rings (SSSR count). The van der Waals surface area contributed by atoms with Crippen molar-refractivity contribution in [1.29, 1.82) is 0 Å². The molecule has 0 fully saturated rings. The maximum absolute atomic E-state index is 5.29. The van der Waals surface area contributed by atoms with Gasteiger partial charge in [-0.2, -0.15) is 0 Å². The summed E-state index contributed by atoms with van der Waals surface area (Å²) in [4.78, 5) is 10.6. The monoisotopic (exact) mass is 411 g/mol. The molecule has 0 N–H and O–H groups in total. The van der Waals surface area contributed by atoms with Crippen molar-refractivity contribution < 1.29 is 0 Å². The fourth-order valence-electron chi connectivity index (χ4n) is 6.83. The van der Waals surface area contributed by atoms with Gasteiger partial charge in [0.1, 0.15) is 11.5 Å². The number of hydrogen-bond donors (Lipinski definition) is 0. The van der Waals surface area contributed by atoms with Crippen molar-refractivity contribution in [3.63, 3.8) is 0 Å². The first-order valence-corrected chi connectivity index (χ1v) is 11.8. The van der Waals surface area contributed by atoms with Gasteiger partial charge in [-0.15, -0.1) is 0 Å². The summed E-state index contributed by atoms with van der Waals surface area (Å²) in [6.45, 7) is 16.5. The van der Waals surface area contributed by atoms with Crippen molar-refractivity contribution in [3.05, 3.63) is 52.8 Å². The molecule has 2 aliphatic rings. The van der Waals surface area contributed by atoms with Gasteiger partial charge in [-0.1, -0.05) is 60.6 Å². The second-order valence-electron chi connectivity index (χ2n) is 12.0. The molecular formula is C28H33N3. The van der Waals surface area contributed by atoms with Crippen LogP contribution in [0.5, 0.6) is 0 Å². The van der Waals surface area contributed by atoms with E-state index in [2.05, 4.69) is 83.2 Å². The predicted molar refractivity (Wildman–Crippen MR) is 129 cm³/mol. The zero-order chi connectivity index (χ0) is 21.9. The van der Waals surface area contributed by atoms with E-state index < -0.39 is 0 Å². The number of aromatic nitrogens is 3. The van der Waals surface area contributed by atoms with Crippen LogP contribution in [0.3, 0.4) is 0 Å². The molecule has 31 heavy (non-hydrogen) atoms. The van der Waals surface area contributed by atoms with Crippen LogP contribution in [0.2, 0.25) is 0 Å². The average molecular weight is 412 g/mol. The Kier molecular flexibility index (Phi) is 3.53. The summed E-state index contributed by atoms with van der Waals surface area (Å²) in [5.74, 6) is 1.60. The molecule has 3 bridgehead atoms. The van der Waals surface area contributed by atoms with Crippen molar-refractivity contribution in [1.82, 2.24) is 14.4 Å². The van der Waals surface area contributed by atoms with Crippen LogP contribution < -0.4 is 0 Å². The Morgan fingerprint density at radius 2 is 1.81 bits per heavy atom. The lowest BCUT2D eigenvalue weighted by Gasteiger charge is -2.32. The Morgan fingerprint density at radius 3 is 2.52 bits per heavy atom. The second kappa shape index (κ2) is 5.68. The van der Waals surface area contributed by atoms with Gasteiger partial charge < -0.3 is 0 Å². The number of hydrogen-bond acceptors (Lipinski definition) is 2. The number of fused-ring (bicyclic) bond motifs is 1. The maximum Gasteiger partial charge on any atom is 0.149 e. The SMILES string of the molecule is CCC1CC2(C)CC(C)(C)c3cc4c(cc32)nc2c3c1cccc3nc(C(C)(C)C)n42. The van der Waals surface area contributed by atoms with Gasteiger partial charge in [0.25, 0.3) is 0 Å². The van der Waals surface area contributed by atoms with Gasteiger partial charge in [0.15, 0.2) is 0 Å². The van der Waals surface area contributed by atoms with E-state index in [-0.39, 0.29) is 16.2 Å². The van der Waals surface area contributed by atoms with Gasteiger partial charge in [0.2, 0.25) is 0 Å². The van der Waals surface area contributed by atoms with Gasteiger partial charge >= 0.3 is 0 Å². The molecule has 2 aromatic carbocycles. The molecule has 160 valence electrons. The summed E-state index contributed by atoms with van der Waals surface area (Å²) in [5, 5.41) is 1.26. The Balaban J connectivity index is 1.91. The third-order valence-corrected chi connectivity index (χ3v) is 8.04. The van der Waals surface area contributed by atoms with Crippen LogP contribution in [0, 0.1) is 0 Å². The van der Waals surface area contributed by atoms with Crippen LogP contribution >= 0.6 is 0 Å². The van der Waals surface area contributed by atoms with Crippen molar-refractivity contribution in [2.75, 3.05) is 0 Å². The first-order valence-electron chi connectivity index (χ1n) is 11.8. The summed E-state index contributed by atoms with van der Waals surface area (Å²) in [6.07, 6.45) is 3.51. The topological polar surface area (TPSA) is 30.2 Å². The van der Waals surface area contributed by atoms with Crippen molar-refractivity contribution in [2.24, 2.45) is 0 Å². The number of imidazole rings is 1. The minimum atomic E-state index is -0.0799. The molecule has 2 unspecified atom stereocenters. The van der Waals surface area contributed by atoms with E-state index in [1.54, 1.807) is 0 Å². The molecule has 0 spiro atoms. The summed E-state index contributed by atoms with van der Waals surface area (Å²) in [5.41, 5.74) is 9.22. The zero-order valence-corrected chi connectivity index (χ0v) is 19.9. The van der Waals surface area contributed by atoms with Crippen LogP contribution in [-0.2, 0) is 16.2 Å². The molecule has 1 aliphatic heterocycles. The summed E-state index contributed by atoms with van der Waals surface area (Å²) in [7, 11) is 0. The van der Waals surface area contributed by atoms with E-state index in [4.69, 9.17) is 9.97 Å². The molecule has 0 amide bonds. The fraction of sp³-hybridized carbons (Fsp3) is 0.500. The lowest BCUT2D eigenvalue weighted by atomic mass is 9.72. The number of rotatable bonds is 1. The zero-order valence-electron chi connectivity index (χ0n) is 19.9. The lowest BCUT2D eigenvalue weighted by molar-refractivity contribution is 0.328. The number of nitrogens with zero attached hydrogens (tertiary/aromatic N) is 3. The first-order chi connectivity index (χ1) is 14.5. The van der Waals surface area contributed by atoms with E-state index >= 15 is 0 Å². The Hall–Kier alpha value is -2.42. The molecular weight excluding hydrogens is 378 g/mol. The Bertz CT molecular complexity index is 1400. The van der Waals surface area contributed by atoms with Crippen molar-refractivity contribution in [2.45, 2.75) is 89.9 Å². The van der Waals surface area contributed by atoms with Gasteiger partial charge in [-0.05, 0) is 70.9 Å². The van der Waals surface area contributed by atoms with Gasteiger partial charge in [-0.25, -0.2) is 9.97 Å². The van der Waals surface area contributed by atoms with E-state index in [9.17, 15) is 0 Å². The molecule has 1 aliphatic carbocycles. The van der Waals surface area contributed by atoms with E-state index in [0.29, 0.717) is 5.92 Å². The van der Waals surface area contributed by atoms with Crippen molar-refractivity contribution >= 4 is 27.6 Å². The summed E-state index contributed by atoms with van der Waals surface area (Å²) < 4.78 is 2.38. The second-order valence-corrected chi connectivity index (χ2v) is 12.0. The van der Waals surface area contributed by atoms with Crippen LogP contribution in [0.4, 0.5) is 0 Å². The highest BCUT2D eigenvalue weighted by atomic mass is 15.1. The molecule has 3 heterocycles. The maximum atomic E-state index is 5.29. The van der Waals surface area contributed by atoms with Crippen molar-refractivity contribution in [3.8, 4) is 0 Å². The molecule has 2 atom stereocenters. The summed E-state index contributed by atoms with van der Waals surface area (Å²) >= 11 is 0. The molecule has 0 saturated carbocycles. The van der Waals surface area contributed by atoms with Crippen LogP contribution in [0.25, 0.3) is 27.6 Å². The lowest BCUT2D eigenvalue weighted by Crippen LogP contribution is -2.25. The Labute approximate surface area is 184 Å². The van der Waals surface area contributed by atoms with Crippen LogP contribution in [0.1, 0.15) is 96.2 Å². The predicted octanol–water partition coefficient (Wildman–Crippen LogP) is 7.17. The van der Waals surface area contributed by atoms with Gasteiger partial charge in [0, 0.05) is 10.8 Å². The fourth-order valence-corrected chi connectivity index (χ4v) is 6.83. The van der Waals surface area contributed by atoms with E-state index in [1.807, 2.05) is 0 Å². The molecule has 4 aromatic rings. The quantitative estimate of drug-likeness (QED) is 0.332. The van der Waals surface area contributed by atoms with Crippen LogP contribution in [0.15, 0.2) is 30.3 Å². The van der Waals surface area contributed by atoms with E-state index in [0.717, 1.165) is 28.9 Å². The average Bonchev–Trinajstić information content (AvgIpc) is 3.15. The minimum Gasteiger partial charge on any atom is -0.279 e. The van der Waals surface area contributed by atoms with E-state index in [1.165, 1.54) is 40.4 Å². The standard InChI is InChI=1S/C28H33N3/c1-8-16-14-28(7)15-27(5,6)18-13-22-21(12-19(18)28)29-24-23-17(16)10-9-11-20(23)30-25(31(22)24)26(2,3)4/h9-13,16H,8,14-15H2,1-7H3. The normalized spacial score (nSPS) is 24.5. The molecule has 3 nitrogen and oxygen atoms in total. The summed E-state index contributed by atoms with van der Waals surface area (Å²) in [6, 6.07) is 11.6. The molecule has 3 heteroatoms. The molecule has 0 radical (unpaired) electrons. The third kappa shape index (κ3) is 2.41. The van der Waals surface area contributed by atoms with Gasteiger partial charge in [-0.3, -0.25) is 4.40 Å². The largest absolute Gasteiger partial charge is 0.279 e. The highest BCUT2D eigenvalue weighted by Gasteiger charge is 2.46. The third-order valence-electron chi connectivity index (χ3n) is 8.04. The first kappa shape index (κ1) is 19.3. The minimum absolute atomic E-state index is 0.0799. The van der Waals surface area contributed by atoms with Crippen LogP contribution in [-0.4, -0.2) is 14.4 Å². The van der Waals surface area contributed by atoms with Gasteiger partial charge in [0.05, 0.1) is 16.6 Å². The smallest absolute Gasteiger partial charge is 0.149 e. The number of benzene rings is 2. The molecule has 0 saturated heterocycles. The Morgan fingerprint density at radius 1 is 1.03 bits per heavy atom. The highest BCUT2D eigenvalue weighted by molar-refractivity contribution is 5.99. The molecule has 2 aromatic heterocycles. The highest BCUT2D eigenvalue weighted by Crippen LogP contribution is 2.55.